The Hall–Kier alpha value is -0.990. The van der Waals surface area contributed by atoms with Crippen LogP contribution in [0.25, 0.3) is 0 Å². The van der Waals surface area contributed by atoms with Crippen LogP contribution in [0, 0.1) is 19.8 Å². The Kier molecular flexibility index (Phi) is 5.24. The maximum atomic E-state index is 4.61. The molecule has 1 aromatic rings. The summed E-state index contributed by atoms with van der Waals surface area (Å²) in [6, 6.07) is 0.930. The van der Waals surface area contributed by atoms with Gasteiger partial charge in [-0.2, -0.15) is 5.10 Å². The Balaban J connectivity index is 2.72. The number of anilines is 1. The molecular formula is C15H29N3. The molecule has 18 heavy (non-hydrogen) atoms. The molecule has 104 valence electrons. The van der Waals surface area contributed by atoms with Crippen molar-refractivity contribution in [2.24, 2.45) is 5.92 Å². The van der Waals surface area contributed by atoms with E-state index in [1.807, 2.05) is 0 Å². The van der Waals surface area contributed by atoms with Crippen LogP contribution in [0.15, 0.2) is 0 Å². The second kappa shape index (κ2) is 6.26. The van der Waals surface area contributed by atoms with Crippen LogP contribution < -0.4 is 5.32 Å². The van der Waals surface area contributed by atoms with Crippen molar-refractivity contribution in [1.29, 1.82) is 0 Å². The van der Waals surface area contributed by atoms with Crippen LogP contribution in [0.1, 0.15) is 64.9 Å². The van der Waals surface area contributed by atoms with E-state index in [9.17, 15) is 0 Å². The third-order valence-corrected chi connectivity index (χ3v) is 3.38. The zero-order valence-corrected chi connectivity index (χ0v) is 13.0. The van der Waals surface area contributed by atoms with E-state index in [1.165, 1.54) is 24.2 Å². The van der Waals surface area contributed by atoms with Gasteiger partial charge >= 0.3 is 0 Å². The summed E-state index contributed by atoms with van der Waals surface area (Å²) in [6.45, 7) is 15.4. The van der Waals surface area contributed by atoms with Crippen molar-refractivity contribution in [3.63, 3.8) is 0 Å². The van der Waals surface area contributed by atoms with Gasteiger partial charge in [0.05, 0.1) is 17.1 Å². The van der Waals surface area contributed by atoms with Gasteiger partial charge in [-0.05, 0) is 53.4 Å². The molecule has 0 aliphatic heterocycles. The molecule has 3 heteroatoms. The fourth-order valence-electron chi connectivity index (χ4n) is 2.28. The predicted molar refractivity (Wildman–Crippen MR) is 79.2 cm³/mol. The first kappa shape index (κ1) is 15.1. The van der Waals surface area contributed by atoms with E-state index >= 15 is 0 Å². The number of rotatable bonds is 6. The molecule has 3 nitrogen and oxygen atoms in total. The van der Waals surface area contributed by atoms with E-state index in [-0.39, 0.29) is 0 Å². The maximum absolute atomic E-state index is 4.61. The molecule has 0 aromatic carbocycles. The lowest BCUT2D eigenvalue weighted by Crippen LogP contribution is -2.17. The van der Waals surface area contributed by atoms with Crippen molar-refractivity contribution in [2.45, 2.75) is 73.4 Å². The number of hydrogen-bond donors (Lipinski definition) is 1. The smallest absolute Gasteiger partial charge is 0.0828 e. The van der Waals surface area contributed by atoms with Crippen molar-refractivity contribution in [3.05, 3.63) is 11.4 Å². The summed E-state index contributed by atoms with van der Waals surface area (Å²) in [7, 11) is 0. The fraction of sp³-hybridized carbons (Fsp3) is 0.800. The van der Waals surface area contributed by atoms with Gasteiger partial charge in [0.15, 0.2) is 0 Å². The highest BCUT2D eigenvalue weighted by atomic mass is 15.3. The van der Waals surface area contributed by atoms with Crippen LogP contribution >= 0.6 is 0 Å². The van der Waals surface area contributed by atoms with E-state index in [4.69, 9.17) is 0 Å². The predicted octanol–water partition coefficient (Wildman–Crippen LogP) is 4.32. The molecule has 1 unspecified atom stereocenters. The van der Waals surface area contributed by atoms with E-state index < -0.39 is 0 Å². The minimum Gasteiger partial charge on any atom is -0.380 e. The lowest BCUT2D eigenvalue weighted by Gasteiger charge is -2.17. The van der Waals surface area contributed by atoms with E-state index in [2.05, 4.69) is 63.6 Å². The molecular weight excluding hydrogens is 222 g/mol. The number of hydrogen-bond acceptors (Lipinski definition) is 2. The number of aryl methyl sites for hydroxylation is 1. The first-order valence-corrected chi connectivity index (χ1v) is 7.15. The van der Waals surface area contributed by atoms with Crippen LogP contribution in [0.4, 0.5) is 5.69 Å². The van der Waals surface area contributed by atoms with Gasteiger partial charge in [0.25, 0.3) is 0 Å². The topological polar surface area (TPSA) is 29.9 Å². The van der Waals surface area contributed by atoms with Gasteiger partial charge in [-0.1, -0.05) is 13.8 Å². The molecule has 0 radical (unpaired) electrons. The van der Waals surface area contributed by atoms with Gasteiger partial charge in [0, 0.05) is 12.1 Å². The summed E-state index contributed by atoms with van der Waals surface area (Å²) in [5.41, 5.74) is 3.58. The Labute approximate surface area is 112 Å². The second-order valence-electron chi connectivity index (χ2n) is 6.10. The Bertz CT molecular complexity index is 377. The molecule has 1 heterocycles. The lowest BCUT2D eigenvalue weighted by molar-refractivity contribution is 0.515. The monoisotopic (exact) mass is 251 g/mol. The zero-order chi connectivity index (χ0) is 13.9. The van der Waals surface area contributed by atoms with E-state index in [0.29, 0.717) is 12.1 Å². The van der Waals surface area contributed by atoms with Gasteiger partial charge in [-0.15, -0.1) is 0 Å². The molecule has 0 spiro atoms. The average Bonchev–Trinajstić information content (AvgIpc) is 2.54. The summed E-state index contributed by atoms with van der Waals surface area (Å²) in [6.07, 6.45) is 2.48. The largest absolute Gasteiger partial charge is 0.380 e. The fourth-order valence-corrected chi connectivity index (χ4v) is 2.28. The molecule has 0 fully saturated rings. The minimum absolute atomic E-state index is 0.422. The van der Waals surface area contributed by atoms with Gasteiger partial charge in [-0.3, -0.25) is 4.68 Å². The standard InChI is InChI=1S/C15H29N3/c1-10(2)8-9-12(5)16-15-13(6)17-18(11(3)4)14(15)7/h10-12,16H,8-9H2,1-7H3. The minimum atomic E-state index is 0.422. The molecule has 0 amide bonds. The lowest BCUT2D eigenvalue weighted by atomic mass is 10.0. The summed E-state index contributed by atoms with van der Waals surface area (Å²) in [4.78, 5) is 0. The zero-order valence-electron chi connectivity index (χ0n) is 13.0. The summed E-state index contributed by atoms with van der Waals surface area (Å²) >= 11 is 0. The van der Waals surface area contributed by atoms with Crippen LogP contribution in [0.3, 0.4) is 0 Å². The SMILES string of the molecule is Cc1nn(C(C)C)c(C)c1NC(C)CCC(C)C. The summed E-state index contributed by atoms with van der Waals surface area (Å²) < 4.78 is 2.10. The third-order valence-electron chi connectivity index (χ3n) is 3.38. The van der Waals surface area contributed by atoms with Crippen molar-refractivity contribution in [3.8, 4) is 0 Å². The molecule has 0 saturated carbocycles. The van der Waals surface area contributed by atoms with Crippen LogP contribution in [0.5, 0.6) is 0 Å². The van der Waals surface area contributed by atoms with Crippen molar-refractivity contribution in [1.82, 2.24) is 9.78 Å². The van der Waals surface area contributed by atoms with Crippen LogP contribution in [0.2, 0.25) is 0 Å². The molecule has 1 N–H and O–H groups in total. The quantitative estimate of drug-likeness (QED) is 0.816. The van der Waals surface area contributed by atoms with Crippen LogP contribution in [-0.4, -0.2) is 15.8 Å². The number of aromatic nitrogens is 2. The van der Waals surface area contributed by atoms with Crippen molar-refractivity contribution >= 4 is 5.69 Å². The van der Waals surface area contributed by atoms with E-state index in [0.717, 1.165) is 11.6 Å². The molecule has 0 saturated heterocycles. The Morgan fingerprint density at radius 3 is 2.11 bits per heavy atom. The van der Waals surface area contributed by atoms with Gasteiger partial charge in [-0.25, -0.2) is 0 Å². The first-order valence-electron chi connectivity index (χ1n) is 7.15. The molecule has 1 atom stereocenters. The van der Waals surface area contributed by atoms with Crippen LogP contribution in [-0.2, 0) is 0 Å². The molecule has 1 aromatic heterocycles. The van der Waals surface area contributed by atoms with Crippen molar-refractivity contribution < 1.29 is 0 Å². The summed E-state index contributed by atoms with van der Waals surface area (Å²) in [5, 5.41) is 8.24. The maximum Gasteiger partial charge on any atom is 0.0828 e. The number of nitrogens with zero attached hydrogens (tertiary/aromatic N) is 2. The number of nitrogens with one attached hydrogen (secondary N) is 1. The normalized spacial score (nSPS) is 13.4. The van der Waals surface area contributed by atoms with Gasteiger partial charge < -0.3 is 5.32 Å². The highest BCUT2D eigenvalue weighted by Crippen LogP contribution is 2.24. The highest BCUT2D eigenvalue weighted by molar-refractivity contribution is 5.52. The molecule has 1 rings (SSSR count). The summed E-state index contributed by atoms with van der Waals surface area (Å²) in [5.74, 6) is 0.773. The van der Waals surface area contributed by atoms with Crippen molar-refractivity contribution in [2.75, 3.05) is 5.32 Å². The molecule has 0 aliphatic rings. The van der Waals surface area contributed by atoms with E-state index in [1.54, 1.807) is 0 Å². The second-order valence-corrected chi connectivity index (χ2v) is 6.10. The Morgan fingerprint density at radius 1 is 1.06 bits per heavy atom. The van der Waals surface area contributed by atoms with Gasteiger partial charge in [0.1, 0.15) is 0 Å². The highest BCUT2D eigenvalue weighted by Gasteiger charge is 2.15. The average molecular weight is 251 g/mol. The molecule has 0 bridgehead atoms. The third kappa shape index (κ3) is 3.76. The Morgan fingerprint density at radius 2 is 1.67 bits per heavy atom. The molecule has 0 aliphatic carbocycles. The first-order chi connectivity index (χ1) is 8.32. The van der Waals surface area contributed by atoms with Gasteiger partial charge in [0.2, 0.25) is 0 Å².